The van der Waals surface area contributed by atoms with Gasteiger partial charge in [-0.3, -0.25) is 0 Å². The molecule has 106 valence electrons. The first-order valence-electron chi connectivity index (χ1n) is 6.77. The van der Waals surface area contributed by atoms with Gasteiger partial charge in [-0.05, 0) is 43.7 Å². The molecule has 0 fully saturated rings. The fourth-order valence-electron chi connectivity index (χ4n) is 1.81. The van der Waals surface area contributed by atoms with Crippen molar-refractivity contribution in [1.82, 2.24) is 0 Å². The zero-order valence-electron chi connectivity index (χ0n) is 11.9. The molecule has 0 saturated heterocycles. The van der Waals surface area contributed by atoms with Crippen LogP contribution in [0.2, 0.25) is 0 Å². The van der Waals surface area contributed by atoms with Crippen molar-refractivity contribution in [2.24, 2.45) is 0 Å². The van der Waals surface area contributed by atoms with Gasteiger partial charge in [-0.25, -0.2) is 0 Å². The minimum atomic E-state index is 0.201. The third kappa shape index (κ3) is 3.57. The lowest BCUT2D eigenvalue weighted by atomic mass is 10.2. The number of hydrogen-bond donors (Lipinski definition) is 3. The van der Waals surface area contributed by atoms with Gasteiger partial charge in [-0.1, -0.05) is 13.0 Å². The van der Waals surface area contributed by atoms with Crippen LogP contribution in [0.25, 0.3) is 0 Å². The number of nitrogens with two attached hydrogens (primary N) is 2. The maximum absolute atomic E-state index is 5.94. The Labute approximate surface area is 119 Å². The molecular formula is C16H21N3O. The molecular weight excluding hydrogens is 250 g/mol. The average molecular weight is 271 g/mol. The summed E-state index contributed by atoms with van der Waals surface area (Å²) in [7, 11) is 0. The van der Waals surface area contributed by atoms with Crippen LogP contribution in [-0.2, 0) is 0 Å². The van der Waals surface area contributed by atoms with E-state index in [4.69, 9.17) is 16.2 Å². The number of rotatable bonds is 5. The summed E-state index contributed by atoms with van der Waals surface area (Å²) in [5, 5.41) is 3.27. The number of nitrogens with one attached hydrogen (secondary N) is 1. The highest BCUT2D eigenvalue weighted by Gasteiger charge is 2.04. The van der Waals surface area contributed by atoms with Crippen LogP contribution >= 0.6 is 0 Å². The normalized spacial score (nSPS) is 11.9. The minimum Gasteiger partial charge on any atom is -0.491 e. The molecule has 2 aromatic rings. The van der Waals surface area contributed by atoms with Gasteiger partial charge in [0.15, 0.2) is 0 Å². The molecule has 0 aromatic heterocycles. The second-order valence-corrected chi connectivity index (χ2v) is 4.84. The first kappa shape index (κ1) is 14.1. The van der Waals surface area contributed by atoms with Crippen LogP contribution in [0, 0.1) is 0 Å². The summed E-state index contributed by atoms with van der Waals surface area (Å²) in [5.74, 6) is 0.846. The summed E-state index contributed by atoms with van der Waals surface area (Å²) in [6.07, 6.45) is 1.18. The van der Waals surface area contributed by atoms with Crippen molar-refractivity contribution in [3.63, 3.8) is 0 Å². The fraction of sp³-hybridized carbons (Fsp3) is 0.250. The molecule has 2 aromatic carbocycles. The fourth-order valence-corrected chi connectivity index (χ4v) is 1.81. The van der Waals surface area contributed by atoms with Crippen molar-refractivity contribution >= 4 is 22.7 Å². The molecule has 0 spiro atoms. The SMILES string of the molecule is CCC(C)Oc1cccc(Nc2ccc(N)cc2N)c1. The summed E-state index contributed by atoms with van der Waals surface area (Å²) in [6.45, 7) is 4.15. The summed E-state index contributed by atoms with van der Waals surface area (Å²) < 4.78 is 5.80. The Hall–Kier alpha value is -2.36. The van der Waals surface area contributed by atoms with Crippen molar-refractivity contribution < 1.29 is 4.74 Å². The maximum atomic E-state index is 5.94. The van der Waals surface area contributed by atoms with Gasteiger partial charge >= 0.3 is 0 Å². The molecule has 2 rings (SSSR count). The molecule has 20 heavy (non-hydrogen) atoms. The Kier molecular flexibility index (Phi) is 4.35. The van der Waals surface area contributed by atoms with Gasteiger partial charge in [0.25, 0.3) is 0 Å². The Morgan fingerprint density at radius 2 is 1.95 bits per heavy atom. The molecule has 0 amide bonds. The number of hydrogen-bond acceptors (Lipinski definition) is 4. The van der Waals surface area contributed by atoms with E-state index in [0.29, 0.717) is 11.4 Å². The number of nitrogen functional groups attached to an aromatic ring is 2. The van der Waals surface area contributed by atoms with Gasteiger partial charge in [-0.15, -0.1) is 0 Å². The lowest BCUT2D eigenvalue weighted by Crippen LogP contribution is -2.09. The van der Waals surface area contributed by atoms with Gasteiger partial charge in [0.2, 0.25) is 0 Å². The van der Waals surface area contributed by atoms with E-state index in [0.717, 1.165) is 23.5 Å². The molecule has 1 atom stereocenters. The number of anilines is 4. The van der Waals surface area contributed by atoms with Crippen molar-refractivity contribution in [3.05, 3.63) is 42.5 Å². The molecule has 0 saturated carbocycles. The summed E-state index contributed by atoms with van der Waals surface area (Å²) >= 11 is 0. The topological polar surface area (TPSA) is 73.3 Å². The monoisotopic (exact) mass is 271 g/mol. The number of benzene rings is 2. The second kappa shape index (κ2) is 6.19. The van der Waals surface area contributed by atoms with E-state index in [1.807, 2.05) is 36.4 Å². The average Bonchev–Trinajstić information content (AvgIpc) is 2.42. The standard InChI is InChI=1S/C16H21N3O/c1-3-11(2)20-14-6-4-5-13(10-14)19-16-8-7-12(17)9-15(16)18/h4-11,19H,3,17-18H2,1-2H3. The summed E-state index contributed by atoms with van der Waals surface area (Å²) in [5.41, 5.74) is 14.7. The van der Waals surface area contributed by atoms with E-state index < -0.39 is 0 Å². The van der Waals surface area contributed by atoms with Gasteiger partial charge in [0.1, 0.15) is 5.75 Å². The lowest BCUT2D eigenvalue weighted by Gasteiger charge is -2.14. The van der Waals surface area contributed by atoms with E-state index in [2.05, 4.69) is 19.2 Å². The number of ether oxygens (including phenoxy) is 1. The molecule has 1 unspecified atom stereocenters. The molecule has 0 bridgehead atoms. The zero-order chi connectivity index (χ0) is 14.5. The predicted octanol–water partition coefficient (Wildman–Crippen LogP) is 3.77. The molecule has 0 heterocycles. The largest absolute Gasteiger partial charge is 0.491 e. The highest BCUT2D eigenvalue weighted by Crippen LogP contribution is 2.27. The van der Waals surface area contributed by atoms with E-state index >= 15 is 0 Å². The van der Waals surface area contributed by atoms with Gasteiger partial charge in [0.05, 0.1) is 17.5 Å². The predicted molar refractivity (Wildman–Crippen MR) is 85.4 cm³/mol. The van der Waals surface area contributed by atoms with Crippen LogP contribution in [0.15, 0.2) is 42.5 Å². The Bertz CT molecular complexity index is 584. The van der Waals surface area contributed by atoms with E-state index in [9.17, 15) is 0 Å². The Morgan fingerprint density at radius 3 is 2.65 bits per heavy atom. The van der Waals surface area contributed by atoms with Crippen molar-refractivity contribution in [2.75, 3.05) is 16.8 Å². The third-order valence-electron chi connectivity index (χ3n) is 3.10. The summed E-state index contributed by atoms with van der Waals surface area (Å²) in [4.78, 5) is 0. The minimum absolute atomic E-state index is 0.201. The van der Waals surface area contributed by atoms with Gasteiger partial charge in [0, 0.05) is 17.4 Å². The van der Waals surface area contributed by atoms with Crippen molar-refractivity contribution in [3.8, 4) is 5.75 Å². The first-order valence-corrected chi connectivity index (χ1v) is 6.77. The Morgan fingerprint density at radius 1 is 1.15 bits per heavy atom. The van der Waals surface area contributed by atoms with E-state index in [1.165, 1.54) is 0 Å². The molecule has 0 aliphatic rings. The highest BCUT2D eigenvalue weighted by atomic mass is 16.5. The maximum Gasteiger partial charge on any atom is 0.121 e. The van der Waals surface area contributed by atoms with E-state index in [-0.39, 0.29) is 6.10 Å². The first-order chi connectivity index (χ1) is 9.58. The molecule has 0 aliphatic carbocycles. The second-order valence-electron chi connectivity index (χ2n) is 4.84. The molecule has 0 radical (unpaired) electrons. The smallest absolute Gasteiger partial charge is 0.121 e. The zero-order valence-corrected chi connectivity index (χ0v) is 11.9. The lowest BCUT2D eigenvalue weighted by molar-refractivity contribution is 0.217. The Balaban J connectivity index is 2.15. The molecule has 4 nitrogen and oxygen atoms in total. The van der Waals surface area contributed by atoms with Crippen LogP contribution in [0.3, 0.4) is 0 Å². The van der Waals surface area contributed by atoms with Crippen LogP contribution in [-0.4, -0.2) is 6.10 Å². The van der Waals surface area contributed by atoms with Gasteiger partial charge in [-0.2, -0.15) is 0 Å². The highest BCUT2D eigenvalue weighted by molar-refractivity contribution is 5.75. The van der Waals surface area contributed by atoms with Crippen LogP contribution < -0.4 is 21.5 Å². The quantitative estimate of drug-likeness (QED) is 0.724. The van der Waals surface area contributed by atoms with Crippen molar-refractivity contribution in [2.45, 2.75) is 26.4 Å². The molecule has 5 N–H and O–H groups in total. The van der Waals surface area contributed by atoms with E-state index in [1.54, 1.807) is 6.07 Å². The third-order valence-corrected chi connectivity index (χ3v) is 3.10. The van der Waals surface area contributed by atoms with Crippen molar-refractivity contribution in [1.29, 1.82) is 0 Å². The molecule has 0 aliphatic heterocycles. The van der Waals surface area contributed by atoms with Crippen LogP contribution in [0.1, 0.15) is 20.3 Å². The summed E-state index contributed by atoms with van der Waals surface area (Å²) in [6, 6.07) is 13.3. The molecule has 4 heteroatoms. The van der Waals surface area contributed by atoms with Gasteiger partial charge < -0.3 is 21.5 Å². The van der Waals surface area contributed by atoms with Crippen LogP contribution in [0.4, 0.5) is 22.7 Å². The van der Waals surface area contributed by atoms with Crippen LogP contribution in [0.5, 0.6) is 5.75 Å².